The molecule has 0 spiro atoms. The van der Waals surface area contributed by atoms with Crippen molar-refractivity contribution in [2.75, 3.05) is 5.32 Å². The molecule has 0 fully saturated rings. The van der Waals surface area contributed by atoms with Gasteiger partial charge in [0.1, 0.15) is 10.6 Å². The third-order valence-corrected chi connectivity index (χ3v) is 4.43. The Hall–Kier alpha value is -2.40. The van der Waals surface area contributed by atoms with E-state index in [-0.39, 0.29) is 5.91 Å². The molecule has 2 heterocycles. The smallest absolute Gasteiger partial charge is 0.267 e. The summed E-state index contributed by atoms with van der Waals surface area (Å²) in [4.78, 5) is 17.4. The van der Waals surface area contributed by atoms with Crippen LogP contribution in [0, 0.1) is 20.8 Å². The monoisotopic (exact) mass is 312 g/mol. The highest BCUT2D eigenvalue weighted by atomic mass is 32.1. The fourth-order valence-corrected chi connectivity index (χ4v) is 3.01. The van der Waals surface area contributed by atoms with Crippen LogP contribution in [0.25, 0.3) is 10.8 Å². The first-order valence-electron chi connectivity index (χ1n) is 6.95. The third-order valence-electron chi connectivity index (χ3n) is 3.26. The molecule has 0 aliphatic heterocycles. The fourth-order valence-electron chi connectivity index (χ4n) is 2.09. The molecule has 0 saturated heterocycles. The first kappa shape index (κ1) is 14.5. The lowest BCUT2D eigenvalue weighted by molar-refractivity contribution is 0.103. The predicted octanol–water partition coefficient (Wildman–Crippen LogP) is 4.58. The zero-order chi connectivity index (χ0) is 15.7. The quantitative estimate of drug-likeness (QED) is 0.770. The summed E-state index contributed by atoms with van der Waals surface area (Å²) in [5.41, 5.74) is 2.64. The first-order valence-corrected chi connectivity index (χ1v) is 7.77. The van der Waals surface area contributed by atoms with Crippen molar-refractivity contribution in [3.05, 3.63) is 58.3 Å². The van der Waals surface area contributed by atoms with Gasteiger partial charge in [-0.3, -0.25) is 4.79 Å². The van der Waals surface area contributed by atoms with Crippen LogP contribution in [0.1, 0.15) is 26.7 Å². The van der Waals surface area contributed by atoms with Crippen molar-refractivity contribution in [3.63, 3.8) is 0 Å². The summed E-state index contributed by atoms with van der Waals surface area (Å²) in [7, 11) is 0. The summed E-state index contributed by atoms with van der Waals surface area (Å²) in [6, 6.07) is 11.5. The second-order valence-electron chi connectivity index (χ2n) is 5.16. The van der Waals surface area contributed by atoms with Crippen molar-refractivity contribution in [2.45, 2.75) is 20.8 Å². The van der Waals surface area contributed by atoms with Gasteiger partial charge in [-0.2, -0.15) is 0 Å². The van der Waals surface area contributed by atoms with E-state index in [9.17, 15) is 4.79 Å². The van der Waals surface area contributed by atoms with Crippen molar-refractivity contribution in [3.8, 4) is 10.8 Å². The van der Waals surface area contributed by atoms with Crippen LogP contribution < -0.4 is 5.32 Å². The average Bonchev–Trinajstić information content (AvgIpc) is 3.07. The normalized spacial score (nSPS) is 10.7. The molecule has 0 saturated carbocycles. The van der Waals surface area contributed by atoms with Crippen LogP contribution in [0.4, 0.5) is 5.69 Å². The van der Waals surface area contributed by atoms with Crippen molar-refractivity contribution < 1.29 is 9.21 Å². The molecule has 0 unspecified atom stereocenters. The lowest BCUT2D eigenvalue weighted by atomic mass is 10.2. The van der Waals surface area contributed by atoms with E-state index < -0.39 is 0 Å². The van der Waals surface area contributed by atoms with Crippen LogP contribution in [0.2, 0.25) is 0 Å². The Morgan fingerprint density at radius 3 is 2.45 bits per heavy atom. The topological polar surface area (TPSA) is 55.1 Å². The summed E-state index contributed by atoms with van der Waals surface area (Å²) in [5.74, 6) is 1.38. The lowest BCUT2D eigenvalue weighted by Crippen LogP contribution is -2.11. The molecular formula is C17H16N2O2S. The number of hydrogen-bond donors (Lipinski definition) is 1. The highest BCUT2D eigenvalue weighted by molar-refractivity contribution is 7.17. The van der Waals surface area contributed by atoms with Gasteiger partial charge in [0, 0.05) is 5.69 Å². The van der Waals surface area contributed by atoms with Gasteiger partial charge < -0.3 is 9.73 Å². The summed E-state index contributed by atoms with van der Waals surface area (Å²) in [6.07, 6.45) is 0. The number of nitrogens with one attached hydrogen (secondary N) is 1. The summed E-state index contributed by atoms with van der Waals surface area (Å²) >= 11 is 1.34. The van der Waals surface area contributed by atoms with Gasteiger partial charge in [0.15, 0.2) is 10.8 Å². The largest absolute Gasteiger partial charge is 0.459 e. The minimum absolute atomic E-state index is 0.145. The van der Waals surface area contributed by atoms with Crippen LogP contribution in [-0.4, -0.2) is 10.9 Å². The first-order chi connectivity index (χ1) is 10.5. The van der Waals surface area contributed by atoms with Gasteiger partial charge >= 0.3 is 0 Å². The van der Waals surface area contributed by atoms with Crippen LogP contribution in [0.15, 0.2) is 40.8 Å². The number of carbonyl (C=O) groups is 1. The number of aromatic nitrogens is 1. The van der Waals surface area contributed by atoms with Gasteiger partial charge in [-0.1, -0.05) is 17.7 Å². The number of furan rings is 1. The Labute approximate surface area is 132 Å². The standard InChI is InChI=1S/C17H16N2O2S/c1-10-4-7-13(8-5-10)19-16(20)15-12(3)18-17(22-15)14-9-6-11(2)21-14/h4-9H,1-3H3,(H,19,20). The Bertz CT molecular complexity index is 816. The number of nitrogens with zero attached hydrogens (tertiary/aromatic N) is 1. The molecular weight excluding hydrogens is 296 g/mol. The molecule has 5 heteroatoms. The van der Waals surface area contributed by atoms with Crippen molar-refractivity contribution in [1.29, 1.82) is 0 Å². The van der Waals surface area contributed by atoms with E-state index in [0.717, 1.165) is 22.0 Å². The van der Waals surface area contributed by atoms with E-state index in [2.05, 4.69) is 10.3 Å². The summed E-state index contributed by atoms with van der Waals surface area (Å²) < 4.78 is 5.57. The van der Waals surface area contributed by atoms with Crippen molar-refractivity contribution >= 4 is 22.9 Å². The van der Waals surface area contributed by atoms with Crippen molar-refractivity contribution in [1.82, 2.24) is 4.98 Å². The van der Waals surface area contributed by atoms with Crippen LogP contribution in [-0.2, 0) is 0 Å². The molecule has 0 aliphatic rings. The highest BCUT2D eigenvalue weighted by Crippen LogP contribution is 2.29. The second-order valence-corrected chi connectivity index (χ2v) is 6.16. The molecule has 1 N–H and O–H groups in total. The maximum Gasteiger partial charge on any atom is 0.267 e. The Balaban J connectivity index is 1.83. The zero-order valence-electron chi connectivity index (χ0n) is 12.6. The third kappa shape index (κ3) is 2.94. The molecule has 2 aromatic heterocycles. The Kier molecular flexibility index (Phi) is 3.81. The molecule has 0 bridgehead atoms. The fraction of sp³-hybridized carbons (Fsp3) is 0.176. The summed E-state index contributed by atoms with van der Waals surface area (Å²) in [6.45, 7) is 5.73. The van der Waals surface area contributed by atoms with Crippen molar-refractivity contribution in [2.24, 2.45) is 0 Å². The van der Waals surface area contributed by atoms with E-state index >= 15 is 0 Å². The minimum atomic E-state index is -0.145. The zero-order valence-corrected chi connectivity index (χ0v) is 13.5. The molecule has 0 atom stereocenters. The van der Waals surface area contributed by atoms with Gasteiger partial charge in [0.2, 0.25) is 0 Å². The highest BCUT2D eigenvalue weighted by Gasteiger charge is 2.17. The number of anilines is 1. The van der Waals surface area contributed by atoms with E-state index in [1.165, 1.54) is 11.3 Å². The van der Waals surface area contributed by atoms with E-state index in [0.29, 0.717) is 16.3 Å². The van der Waals surface area contributed by atoms with Gasteiger partial charge in [0.05, 0.1) is 5.69 Å². The molecule has 3 rings (SSSR count). The number of benzene rings is 1. The predicted molar refractivity (Wildman–Crippen MR) is 88.4 cm³/mol. The Morgan fingerprint density at radius 2 is 1.82 bits per heavy atom. The van der Waals surface area contributed by atoms with E-state index in [4.69, 9.17) is 4.42 Å². The summed E-state index contributed by atoms with van der Waals surface area (Å²) in [5, 5.41) is 3.62. The number of aryl methyl sites for hydroxylation is 3. The number of amides is 1. The average molecular weight is 312 g/mol. The maximum atomic E-state index is 12.4. The van der Waals surface area contributed by atoms with Gasteiger partial charge in [-0.25, -0.2) is 4.98 Å². The lowest BCUT2D eigenvalue weighted by Gasteiger charge is -2.04. The second kappa shape index (κ2) is 5.77. The molecule has 1 amide bonds. The van der Waals surface area contributed by atoms with E-state index in [1.54, 1.807) is 0 Å². The minimum Gasteiger partial charge on any atom is -0.459 e. The van der Waals surface area contributed by atoms with Gasteiger partial charge in [-0.15, -0.1) is 11.3 Å². The van der Waals surface area contributed by atoms with Crippen LogP contribution >= 0.6 is 11.3 Å². The number of thiazole rings is 1. The van der Waals surface area contributed by atoms with E-state index in [1.807, 2.05) is 57.2 Å². The maximum absolute atomic E-state index is 12.4. The molecule has 0 aliphatic carbocycles. The van der Waals surface area contributed by atoms with Crippen LogP contribution in [0.5, 0.6) is 0 Å². The molecule has 22 heavy (non-hydrogen) atoms. The molecule has 112 valence electrons. The molecule has 1 aromatic carbocycles. The molecule has 3 aromatic rings. The SMILES string of the molecule is Cc1ccc(NC(=O)c2sc(-c3ccc(C)o3)nc2C)cc1. The molecule has 4 nitrogen and oxygen atoms in total. The Morgan fingerprint density at radius 1 is 1.09 bits per heavy atom. The van der Waals surface area contributed by atoms with Gasteiger partial charge in [0.25, 0.3) is 5.91 Å². The number of hydrogen-bond acceptors (Lipinski definition) is 4. The van der Waals surface area contributed by atoms with Gasteiger partial charge in [-0.05, 0) is 45.0 Å². The number of rotatable bonds is 3. The van der Waals surface area contributed by atoms with Crippen LogP contribution in [0.3, 0.4) is 0 Å². The number of carbonyl (C=O) groups excluding carboxylic acids is 1. The molecule has 0 radical (unpaired) electrons.